The van der Waals surface area contributed by atoms with E-state index in [1.165, 1.54) is 12.1 Å². The lowest BCUT2D eigenvalue weighted by Gasteiger charge is -2.08. The Hall–Kier alpha value is -2.19. The zero-order chi connectivity index (χ0) is 15.3. The third kappa shape index (κ3) is 3.90. The van der Waals surface area contributed by atoms with Gasteiger partial charge in [-0.15, -0.1) is 0 Å². The lowest BCUT2D eigenvalue weighted by Crippen LogP contribution is -2.13. The van der Waals surface area contributed by atoms with Crippen molar-refractivity contribution in [3.05, 3.63) is 33.8 Å². The van der Waals surface area contributed by atoms with Gasteiger partial charge < -0.3 is 0 Å². The van der Waals surface area contributed by atoms with Crippen LogP contribution in [-0.2, 0) is 6.18 Å². The minimum atomic E-state index is -4.45. The maximum absolute atomic E-state index is 12.5. The second-order valence-electron chi connectivity index (χ2n) is 3.57. The number of aliphatic imine (C=N–C) groups is 1. The summed E-state index contributed by atoms with van der Waals surface area (Å²) in [5.41, 5.74) is -1.04. The summed E-state index contributed by atoms with van der Waals surface area (Å²) in [5.74, 6) is 0. The number of hydrogen-bond donors (Lipinski definition) is 1. The average molecular weight is 343 g/mol. The molecule has 1 rings (SSSR count). The molecular weight excluding hydrogens is 337 g/mol. The van der Waals surface area contributed by atoms with E-state index in [2.05, 4.69) is 20.9 Å². The van der Waals surface area contributed by atoms with Gasteiger partial charge >= 0.3 is 6.18 Å². The monoisotopic (exact) mass is 342 g/mol. The smallest absolute Gasteiger partial charge is 0.291 e. The molecule has 0 fully saturated rings. The summed E-state index contributed by atoms with van der Waals surface area (Å²) in [6.45, 7) is 0. The number of nitrogens with zero attached hydrogens (tertiary/aromatic N) is 3. The Balaban J connectivity index is 3.04. The maximum atomic E-state index is 12.5. The summed E-state index contributed by atoms with van der Waals surface area (Å²) in [6.07, 6.45) is -3.31. The van der Waals surface area contributed by atoms with Gasteiger partial charge in [0.25, 0.3) is 0 Å². The van der Waals surface area contributed by atoms with E-state index in [0.29, 0.717) is 5.56 Å². The lowest BCUT2D eigenvalue weighted by molar-refractivity contribution is -0.137. The third-order valence-electron chi connectivity index (χ3n) is 2.21. The van der Waals surface area contributed by atoms with E-state index < -0.39 is 23.5 Å². The molecule has 0 heterocycles. The molecule has 8 heteroatoms. The molecule has 0 amide bonds. The molecule has 102 valence electrons. The average Bonchev–Trinajstić information content (AvgIpc) is 2.39. The Labute approximate surface area is 120 Å². The van der Waals surface area contributed by atoms with Crippen LogP contribution in [0.1, 0.15) is 11.1 Å². The van der Waals surface area contributed by atoms with E-state index >= 15 is 0 Å². The van der Waals surface area contributed by atoms with Crippen molar-refractivity contribution in [1.29, 1.82) is 15.9 Å². The fourth-order valence-electron chi connectivity index (χ4n) is 1.20. The topological polar surface area (TPSA) is 83.8 Å². The molecule has 1 atom stereocenters. The van der Waals surface area contributed by atoms with Gasteiger partial charge in [-0.3, -0.25) is 10.4 Å². The minimum absolute atomic E-state index is 0.149. The molecule has 1 aromatic rings. The van der Waals surface area contributed by atoms with Crippen molar-refractivity contribution >= 4 is 27.9 Å². The predicted octanol–water partition coefficient (Wildman–Crippen LogP) is 3.32. The van der Waals surface area contributed by atoms with Crippen molar-refractivity contribution in [2.24, 2.45) is 4.99 Å². The Morgan fingerprint density at radius 1 is 1.40 bits per heavy atom. The first-order chi connectivity index (χ1) is 9.29. The summed E-state index contributed by atoms with van der Waals surface area (Å²) < 4.78 is 37.5. The highest BCUT2D eigenvalue weighted by molar-refractivity contribution is 9.10. The Bertz CT molecular complexity index is 638. The van der Waals surface area contributed by atoms with Crippen LogP contribution < -0.4 is 0 Å². The van der Waals surface area contributed by atoms with Crippen molar-refractivity contribution in [2.75, 3.05) is 0 Å². The molecule has 1 aromatic carbocycles. The fraction of sp³-hybridized carbons (Fsp3) is 0.167. The van der Waals surface area contributed by atoms with E-state index in [1.54, 1.807) is 6.07 Å². The third-order valence-corrected chi connectivity index (χ3v) is 2.89. The summed E-state index contributed by atoms with van der Waals surface area (Å²) in [5, 5.41) is 24.4. The van der Waals surface area contributed by atoms with Crippen LogP contribution in [0.3, 0.4) is 0 Å². The van der Waals surface area contributed by atoms with Crippen LogP contribution in [0, 0.1) is 28.1 Å². The highest BCUT2D eigenvalue weighted by Gasteiger charge is 2.30. The predicted molar refractivity (Wildman–Crippen MR) is 69.5 cm³/mol. The molecule has 0 aliphatic carbocycles. The van der Waals surface area contributed by atoms with Crippen LogP contribution in [0.15, 0.2) is 27.7 Å². The van der Waals surface area contributed by atoms with Crippen molar-refractivity contribution < 1.29 is 13.2 Å². The second kappa shape index (κ2) is 6.31. The standard InChI is InChI=1S/C12H6BrF3N4/c13-9-3-8(12(14,15)16)2-1-7(9)6-20-11(5-18)10(19)4-17/h1-3,6,11,19H. The maximum Gasteiger partial charge on any atom is 0.416 e. The fourth-order valence-corrected chi connectivity index (χ4v) is 1.68. The van der Waals surface area contributed by atoms with E-state index in [9.17, 15) is 13.2 Å². The van der Waals surface area contributed by atoms with Gasteiger partial charge in [0.1, 0.15) is 11.8 Å². The van der Waals surface area contributed by atoms with Crippen LogP contribution in [-0.4, -0.2) is 18.0 Å². The molecule has 20 heavy (non-hydrogen) atoms. The van der Waals surface area contributed by atoms with Crippen LogP contribution in [0.2, 0.25) is 0 Å². The van der Waals surface area contributed by atoms with Crippen molar-refractivity contribution in [3.8, 4) is 12.1 Å². The van der Waals surface area contributed by atoms with Crippen LogP contribution in [0.5, 0.6) is 0 Å². The number of nitriles is 2. The number of hydrogen-bond acceptors (Lipinski definition) is 4. The second-order valence-corrected chi connectivity index (χ2v) is 4.42. The van der Waals surface area contributed by atoms with Gasteiger partial charge in [-0.25, -0.2) is 0 Å². The molecule has 0 radical (unpaired) electrons. The molecule has 1 N–H and O–H groups in total. The first-order valence-electron chi connectivity index (χ1n) is 5.07. The quantitative estimate of drug-likeness (QED) is 0.854. The zero-order valence-corrected chi connectivity index (χ0v) is 11.3. The van der Waals surface area contributed by atoms with E-state index in [1.807, 2.05) is 0 Å². The number of benzene rings is 1. The minimum Gasteiger partial charge on any atom is -0.291 e. The van der Waals surface area contributed by atoms with Crippen molar-refractivity contribution in [1.82, 2.24) is 0 Å². The first kappa shape index (κ1) is 15.9. The normalized spacial score (nSPS) is 12.7. The first-order valence-corrected chi connectivity index (χ1v) is 5.87. The Morgan fingerprint density at radius 3 is 2.50 bits per heavy atom. The molecular formula is C12H6BrF3N4. The molecule has 0 bridgehead atoms. The molecule has 0 saturated heterocycles. The lowest BCUT2D eigenvalue weighted by atomic mass is 10.1. The van der Waals surface area contributed by atoms with Gasteiger partial charge in [-0.1, -0.05) is 22.0 Å². The molecule has 1 unspecified atom stereocenters. The Kier molecular flexibility index (Phi) is 5.00. The largest absolute Gasteiger partial charge is 0.416 e. The molecule has 4 nitrogen and oxygen atoms in total. The molecule has 0 aliphatic rings. The number of alkyl halides is 3. The zero-order valence-electron chi connectivity index (χ0n) is 9.74. The summed E-state index contributed by atoms with van der Waals surface area (Å²) in [4.78, 5) is 3.69. The van der Waals surface area contributed by atoms with Gasteiger partial charge in [0.15, 0.2) is 6.04 Å². The highest BCUT2D eigenvalue weighted by Crippen LogP contribution is 2.31. The van der Waals surface area contributed by atoms with Crippen LogP contribution in [0.25, 0.3) is 0 Å². The van der Waals surface area contributed by atoms with Crippen molar-refractivity contribution in [2.45, 2.75) is 12.2 Å². The highest BCUT2D eigenvalue weighted by atomic mass is 79.9. The molecule has 0 saturated carbocycles. The summed E-state index contributed by atoms with van der Waals surface area (Å²) in [7, 11) is 0. The molecule has 0 aromatic heterocycles. The van der Waals surface area contributed by atoms with Crippen LogP contribution in [0.4, 0.5) is 13.2 Å². The van der Waals surface area contributed by atoms with E-state index in [-0.39, 0.29) is 4.47 Å². The SMILES string of the molecule is N#CC(=N)C(C#N)N=Cc1ccc(C(F)(F)F)cc1Br. The molecule has 0 spiro atoms. The van der Waals surface area contributed by atoms with Crippen molar-refractivity contribution in [3.63, 3.8) is 0 Å². The van der Waals surface area contributed by atoms with Crippen LogP contribution >= 0.6 is 15.9 Å². The summed E-state index contributed by atoms with van der Waals surface area (Å²) >= 11 is 2.97. The number of nitrogens with one attached hydrogen (secondary N) is 1. The number of halogens is 4. The number of rotatable bonds is 3. The van der Waals surface area contributed by atoms with Gasteiger partial charge in [0, 0.05) is 16.3 Å². The summed E-state index contributed by atoms with van der Waals surface area (Å²) in [6, 6.07) is 4.80. The van der Waals surface area contributed by atoms with Gasteiger partial charge in [0.05, 0.1) is 11.6 Å². The molecule has 0 aliphatic heterocycles. The van der Waals surface area contributed by atoms with Gasteiger partial charge in [-0.05, 0) is 12.1 Å². The van der Waals surface area contributed by atoms with E-state index in [4.69, 9.17) is 15.9 Å². The van der Waals surface area contributed by atoms with Gasteiger partial charge in [0.2, 0.25) is 0 Å². The van der Waals surface area contributed by atoms with Gasteiger partial charge in [-0.2, -0.15) is 23.7 Å². The Morgan fingerprint density at radius 2 is 2.05 bits per heavy atom. The van der Waals surface area contributed by atoms with E-state index in [0.717, 1.165) is 18.3 Å².